The number of carbonyl (C=O) groups is 2. The van der Waals surface area contributed by atoms with E-state index in [1.807, 2.05) is 36.4 Å². The maximum Gasteiger partial charge on any atom is 0.413 e. The maximum absolute atomic E-state index is 12.6. The lowest BCUT2D eigenvalue weighted by atomic mass is 10.2. The average Bonchev–Trinajstić information content (AvgIpc) is 2.78. The van der Waals surface area contributed by atoms with Crippen LogP contribution in [0, 0.1) is 0 Å². The van der Waals surface area contributed by atoms with Gasteiger partial charge in [0, 0.05) is 24.4 Å². The summed E-state index contributed by atoms with van der Waals surface area (Å²) < 4.78 is 10.4. The molecule has 0 fully saturated rings. The van der Waals surface area contributed by atoms with E-state index < -0.39 is 12.0 Å². The molecule has 0 unspecified atom stereocenters. The van der Waals surface area contributed by atoms with E-state index in [9.17, 15) is 9.59 Å². The number of methoxy groups -OCH3 is 1. The molecule has 1 heterocycles. The molecule has 1 aromatic heterocycles. The number of nitrogens with one attached hydrogen (secondary N) is 2. The lowest BCUT2D eigenvalue weighted by molar-refractivity contribution is 0.102. The van der Waals surface area contributed by atoms with Crippen LogP contribution in [0.4, 0.5) is 16.3 Å². The smallest absolute Gasteiger partial charge is 0.413 e. The van der Waals surface area contributed by atoms with Crippen molar-refractivity contribution in [3.63, 3.8) is 0 Å². The highest BCUT2D eigenvalue weighted by Crippen LogP contribution is 2.19. The van der Waals surface area contributed by atoms with Gasteiger partial charge in [-0.2, -0.15) is 0 Å². The van der Waals surface area contributed by atoms with Crippen LogP contribution in [0.2, 0.25) is 0 Å². The third kappa shape index (κ3) is 5.79. The summed E-state index contributed by atoms with van der Waals surface area (Å²) in [6, 6.07) is 19.4. The van der Waals surface area contributed by atoms with Gasteiger partial charge in [0.05, 0.1) is 7.11 Å². The van der Waals surface area contributed by atoms with Crippen molar-refractivity contribution in [3.05, 3.63) is 83.6 Å². The number of ether oxygens (including phenoxy) is 2. The first kappa shape index (κ1) is 20.8. The van der Waals surface area contributed by atoms with Crippen molar-refractivity contribution in [2.45, 2.75) is 13.2 Å². The largest absolute Gasteiger partial charge is 0.497 e. The van der Waals surface area contributed by atoms with Crippen LogP contribution < -0.4 is 21.1 Å². The molecule has 0 saturated heterocycles. The van der Waals surface area contributed by atoms with Gasteiger partial charge in [0.15, 0.2) is 0 Å². The number of hydrogen-bond acceptors (Lipinski definition) is 6. The lowest BCUT2D eigenvalue weighted by Gasteiger charge is -2.11. The highest BCUT2D eigenvalue weighted by atomic mass is 16.5. The molecule has 2 amide bonds. The Kier molecular flexibility index (Phi) is 6.96. The van der Waals surface area contributed by atoms with Crippen molar-refractivity contribution in [3.8, 4) is 5.75 Å². The van der Waals surface area contributed by atoms with E-state index in [1.165, 1.54) is 19.2 Å². The van der Waals surface area contributed by atoms with Crippen molar-refractivity contribution in [2.75, 3.05) is 17.7 Å². The van der Waals surface area contributed by atoms with E-state index in [-0.39, 0.29) is 18.1 Å². The Morgan fingerprint density at radius 1 is 0.967 bits per heavy atom. The molecule has 0 saturated carbocycles. The molecule has 8 nitrogen and oxygen atoms in total. The molecule has 2 aromatic carbocycles. The molecule has 0 spiro atoms. The first-order valence-electron chi connectivity index (χ1n) is 9.21. The third-order valence-corrected chi connectivity index (χ3v) is 4.13. The SMILES string of the molecule is COc1cc(NC(=O)OCc2ccccc2)nc(C(=O)Nc2cccc(CN)c2)c1. The molecular weight excluding hydrogens is 384 g/mol. The molecule has 30 heavy (non-hydrogen) atoms. The second kappa shape index (κ2) is 10.0. The van der Waals surface area contributed by atoms with Crippen LogP contribution in [0.1, 0.15) is 21.6 Å². The van der Waals surface area contributed by atoms with Crippen molar-refractivity contribution in [1.82, 2.24) is 4.98 Å². The maximum atomic E-state index is 12.6. The van der Waals surface area contributed by atoms with Gasteiger partial charge in [0.2, 0.25) is 0 Å². The number of amides is 2. The third-order valence-electron chi connectivity index (χ3n) is 4.13. The lowest BCUT2D eigenvalue weighted by Crippen LogP contribution is -2.18. The highest BCUT2D eigenvalue weighted by molar-refractivity contribution is 6.03. The Morgan fingerprint density at radius 3 is 2.47 bits per heavy atom. The second-order valence-electron chi connectivity index (χ2n) is 6.32. The van der Waals surface area contributed by atoms with Gasteiger partial charge in [-0.3, -0.25) is 10.1 Å². The number of nitrogens with zero attached hydrogens (tertiary/aromatic N) is 1. The van der Waals surface area contributed by atoms with Crippen LogP contribution in [0.5, 0.6) is 5.75 Å². The molecule has 8 heteroatoms. The molecule has 3 aromatic rings. The van der Waals surface area contributed by atoms with Gasteiger partial charge in [0.25, 0.3) is 5.91 Å². The number of anilines is 2. The summed E-state index contributed by atoms with van der Waals surface area (Å²) >= 11 is 0. The zero-order chi connectivity index (χ0) is 21.3. The normalized spacial score (nSPS) is 10.2. The Hall–Kier alpha value is -3.91. The standard InChI is InChI=1S/C22H22N4O4/c1-29-18-11-19(21(27)24-17-9-5-8-16(10-17)13-23)25-20(12-18)26-22(28)30-14-15-6-3-2-4-7-15/h2-12H,13-14,23H2,1H3,(H,24,27)(H,25,26,28). The fourth-order valence-corrected chi connectivity index (χ4v) is 2.64. The van der Waals surface area contributed by atoms with Gasteiger partial charge in [-0.1, -0.05) is 42.5 Å². The van der Waals surface area contributed by atoms with E-state index in [4.69, 9.17) is 15.2 Å². The molecule has 154 valence electrons. The summed E-state index contributed by atoms with van der Waals surface area (Å²) in [4.78, 5) is 28.9. The van der Waals surface area contributed by atoms with Crippen LogP contribution in [-0.2, 0) is 17.9 Å². The van der Waals surface area contributed by atoms with Crippen molar-refractivity contribution in [2.24, 2.45) is 5.73 Å². The number of rotatable bonds is 7. The molecular formula is C22H22N4O4. The number of nitrogens with two attached hydrogens (primary N) is 1. The second-order valence-corrected chi connectivity index (χ2v) is 6.32. The molecule has 3 rings (SSSR count). The van der Waals surface area contributed by atoms with Crippen molar-refractivity contribution >= 4 is 23.5 Å². The van der Waals surface area contributed by atoms with E-state index in [0.717, 1.165) is 11.1 Å². The number of hydrogen-bond donors (Lipinski definition) is 3. The Bertz CT molecular complexity index is 1020. The quantitative estimate of drug-likeness (QED) is 0.553. The van der Waals surface area contributed by atoms with Crippen LogP contribution >= 0.6 is 0 Å². The first-order chi connectivity index (χ1) is 14.6. The number of pyridine rings is 1. The summed E-state index contributed by atoms with van der Waals surface area (Å²) in [5, 5.41) is 5.27. The Balaban J connectivity index is 1.69. The summed E-state index contributed by atoms with van der Waals surface area (Å²) in [5.41, 5.74) is 8.03. The van der Waals surface area contributed by atoms with Gasteiger partial charge >= 0.3 is 6.09 Å². The first-order valence-corrected chi connectivity index (χ1v) is 9.21. The van der Waals surface area contributed by atoms with E-state index in [2.05, 4.69) is 15.6 Å². The van der Waals surface area contributed by atoms with Crippen molar-refractivity contribution < 1.29 is 19.1 Å². The molecule has 0 aliphatic heterocycles. The van der Waals surface area contributed by atoms with Gasteiger partial charge < -0.3 is 20.5 Å². The molecule has 0 bridgehead atoms. The van der Waals surface area contributed by atoms with Gasteiger partial charge in [0.1, 0.15) is 23.9 Å². The average molecular weight is 406 g/mol. The molecule has 0 atom stereocenters. The van der Waals surface area contributed by atoms with Crippen LogP contribution in [0.25, 0.3) is 0 Å². The summed E-state index contributed by atoms with van der Waals surface area (Å²) in [6.45, 7) is 0.474. The van der Waals surface area contributed by atoms with Crippen LogP contribution in [0.3, 0.4) is 0 Å². The molecule has 4 N–H and O–H groups in total. The molecule has 0 radical (unpaired) electrons. The minimum absolute atomic E-state index is 0.0749. The predicted octanol–water partition coefficient (Wildman–Crippen LogP) is 3.55. The monoisotopic (exact) mass is 406 g/mol. The number of benzene rings is 2. The minimum atomic E-state index is -0.693. The number of aromatic nitrogens is 1. The molecule has 0 aliphatic rings. The Labute approximate surface area is 174 Å². The summed E-state index contributed by atoms with van der Waals surface area (Å²) in [6.07, 6.45) is -0.693. The zero-order valence-electron chi connectivity index (χ0n) is 16.4. The fraction of sp³-hybridized carbons (Fsp3) is 0.136. The zero-order valence-corrected chi connectivity index (χ0v) is 16.4. The van der Waals surface area contributed by atoms with Crippen LogP contribution in [-0.4, -0.2) is 24.1 Å². The summed E-state index contributed by atoms with van der Waals surface area (Å²) in [5.74, 6) is 0.0428. The minimum Gasteiger partial charge on any atom is -0.497 e. The van der Waals surface area contributed by atoms with E-state index in [1.54, 1.807) is 18.2 Å². The van der Waals surface area contributed by atoms with Crippen molar-refractivity contribution in [1.29, 1.82) is 0 Å². The topological polar surface area (TPSA) is 116 Å². The van der Waals surface area contributed by atoms with Gasteiger partial charge in [-0.05, 0) is 23.3 Å². The number of carbonyl (C=O) groups excluding carboxylic acids is 2. The Morgan fingerprint density at radius 2 is 1.73 bits per heavy atom. The highest BCUT2D eigenvalue weighted by Gasteiger charge is 2.14. The molecule has 0 aliphatic carbocycles. The van der Waals surface area contributed by atoms with Gasteiger partial charge in [-0.15, -0.1) is 0 Å². The van der Waals surface area contributed by atoms with Gasteiger partial charge in [-0.25, -0.2) is 9.78 Å². The predicted molar refractivity (Wildman–Crippen MR) is 113 cm³/mol. The fourth-order valence-electron chi connectivity index (χ4n) is 2.64. The van der Waals surface area contributed by atoms with E-state index >= 15 is 0 Å². The van der Waals surface area contributed by atoms with Crippen LogP contribution in [0.15, 0.2) is 66.7 Å². The van der Waals surface area contributed by atoms with E-state index in [0.29, 0.717) is 18.0 Å². The summed E-state index contributed by atoms with van der Waals surface area (Å²) in [7, 11) is 1.46.